The Kier molecular flexibility index (Phi) is 10.7. The maximum Gasteiger partial charge on any atom is 0.175 e. The van der Waals surface area contributed by atoms with Crippen molar-refractivity contribution in [3.63, 3.8) is 0 Å². The molecule has 0 amide bonds. The van der Waals surface area contributed by atoms with Crippen LogP contribution in [0.2, 0.25) is 5.02 Å². The van der Waals surface area contributed by atoms with Crippen LogP contribution in [0.15, 0.2) is 34.8 Å². The van der Waals surface area contributed by atoms with Crippen LogP contribution < -0.4 is 20.1 Å². The zero-order chi connectivity index (χ0) is 21.1. The first-order valence-electron chi connectivity index (χ1n) is 9.59. The van der Waals surface area contributed by atoms with Crippen molar-refractivity contribution in [2.45, 2.75) is 26.5 Å². The quantitative estimate of drug-likeness (QED) is 0.367. The van der Waals surface area contributed by atoms with Gasteiger partial charge in [-0.25, -0.2) is 4.39 Å². The fraction of sp³-hybridized carbons (Fsp3) is 0.429. The molecule has 0 radical (unpaired) electrons. The van der Waals surface area contributed by atoms with Crippen molar-refractivity contribution in [3.8, 4) is 11.5 Å². The lowest BCUT2D eigenvalue weighted by atomic mass is 10.2. The van der Waals surface area contributed by atoms with Gasteiger partial charge in [0.05, 0.1) is 22.7 Å². The monoisotopic (exact) mass is 488 g/mol. The second-order valence-electron chi connectivity index (χ2n) is 6.37. The van der Waals surface area contributed by atoms with Crippen molar-refractivity contribution in [2.24, 2.45) is 0 Å². The molecular weight excluding hydrogens is 463 g/mol. The van der Waals surface area contributed by atoms with E-state index in [4.69, 9.17) is 26.2 Å². The SMILES string of the molecule is CCOc1cc(CNCCCNCCO)cc(Br)c1OCc1ccc(F)cc1Cl. The third-order valence-electron chi connectivity index (χ3n) is 4.08. The number of aliphatic hydroxyl groups is 1. The minimum atomic E-state index is -0.379. The molecule has 2 aromatic carbocycles. The van der Waals surface area contributed by atoms with E-state index >= 15 is 0 Å². The molecule has 0 aromatic heterocycles. The second kappa shape index (κ2) is 13.0. The molecule has 0 aliphatic rings. The number of benzene rings is 2. The fourth-order valence-electron chi connectivity index (χ4n) is 2.69. The summed E-state index contributed by atoms with van der Waals surface area (Å²) in [6, 6.07) is 8.18. The number of ether oxygens (including phenoxy) is 2. The standard InChI is InChI=1S/C21H27BrClFN2O3/c1-2-28-20-11-15(13-26-7-3-6-25-8-9-27)10-18(22)21(20)29-14-16-4-5-17(24)12-19(16)23/h4-5,10-12,25-27H,2-3,6-9,13-14H2,1H3. The minimum Gasteiger partial charge on any atom is -0.490 e. The Morgan fingerprint density at radius 3 is 2.62 bits per heavy atom. The Bertz CT molecular complexity index is 780. The third kappa shape index (κ3) is 8.10. The van der Waals surface area contributed by atoms with Crippen LogP contribution in [-0.4, -0.2) is 38.0 Å². The smallest absolute Gasteiger partial charge is 0.175 e. The van der Waals surface area contributed by atoms with Crippen molar-refractivity contribution < 1.29 is 19.0 Å². The normalized spacial score (nSPS) is 10.9. The molecule has 160 valence electrons. The van der Waals surface area contributed by atoms with Gasteiger partial charge in [0.1, 0.15) is 12.4 Å². The van der Waals surface area contributed by atoms with Crippen LogP contribution in [0, 0.1) is 5.82 Å². The molecule has 0 saturated heterocycles. The predicted molar refractivity (Wildman–Crippen MR) is 117 cm³/mol. The van der Waals surface area contributed by atoms with Crippen LogP contribution in [-0.2, 0) is 13.2 Å². The number of hydrogen-bond acceptors (Lipinski definition) is 5. The first kappa shape index (κ1) is 23.9. The highest BCUT2D eigenvalue weighted by Gasteiger charge is 2.13. The van der Waals surface area contributed by atoms with Gasteiger partial charge in [-0.1, -0.05) is 17.7 Å². The Morgan fingerprint density at radius 2 is 1.90 bits per heavy atom. The van der Waals surface area contributed by atoms with Gasteiger partial charge in [-0.05, 0) is 72.2 Å². The van der Waals surface area contributed by atoms with E-state index in [9.17, 15) is 4.39 Å². The first-order valence-corrected chi connectivity index (χ1v) is 10.8. The molecule has 0 aliphatic carbocycles. The summed E-state index contributed by atoms with van der Waals surface area (Å²) in [7, 11) is 0. The van der Waals surface area contributed by atoms with Crippen LogP contribution in [0.1, 0.15) is 24.5 Å². The molecule has 0 bridgehead atoms. The van der Waals surface area contributed by atoms with E-state index in [0.717, 1.165) is 29.5 Å². The van der Waals surface area contributed by atoms with Crippen molar-refractivity contribution in [2.75, 3.05) is 32.8 Å². The average Bonchev–Trinajstić information content (AvgIpc) is 2.68. The van der Waals surface area contributed by atoms with Gasteiger partial charge in [-0.3, -0.25) is 0 Å². The van der Waals surface area contributed by atoms with Crippen molar-refractivity contribution >= 4 is 27.5 Å². The predicted octanol–water partition coefficient (Wildman–Crippen LogP) is 4.28. The maximum atomic E-state index is 13.2. The number of rotatable bonds is 13. The van der Waals surface area contributed by atoms with E-state index in [1.54, 1.807) is 6.07 Å². The molecule has 0 atom stereocenters. The lowest BCUT2D eigenvalue weighted by Gasteiger charge is -2.16. The average molecular weight is 490 g/mol. The Hall–Kier alpha value is -1.38. The van der Waals surface area contributed by atoms with Gasteiger partial charge in [0, 0.05) is 18.7 Å². The van der Waals surface area contributed by atoms with E-state index in [1.165, 1.54) is 12.1 Å². The summed E-state index contributed by atoms with van der Waals surface area (Å²) in [5, 5.41) is 15.6. The number of hydrogen-bond donors (Lipinski definition) is 3. The first-order chi connectivity index (χ1) is 14.0. The summed E-state index contributed by atoms with van der Waals surface area (Å²) in [4.78, 5) is 0. The van der Waals surface area contributed by atoms with Crippen LogP contribution in [0.4, 0.5) is 4.39 Å². The van der Waals surface area contributed by atoms with Crippen LogP contribution in [0.5, 0.6) is 11.5 Å². The van der Waals surface area contributed by atoms with Crippen LogP contribution in [0.3, 0.4) is 0 Å². The molecule has 0 aliphatic heterocycles. The lowest BCUT2D eigenvalue weighted by molar-refractivity contribution is 0.267. The molecule has 5 nitrogen and oxygen atoms in total. The van der Waals surface area contributed by atoms with E-state index in [2.05, 4.69) is 26.6 Å². The van der Waals surface area contributed by atoms with Crippen molar-refractivity contribution in [1.82, 2.24) is 10.6 Å². The summed E-state index contributed by atoms with van der Waals surface area (Å²) in [6.45, 7) is 5.82. The molecule has 0 spiro atoms. The summed E-state index contributed by atoms with van der Waals surface area (Å²) < 4.78 is 25.7. The van der Waals surface area contributed by atoms with Gasteiger partial charge >= 0.3 is 0 Å². The van der Waals surface area contributed by atoms with E-state index in [0.29, 0.717) is 41.8 Å². The largest absolute Gasteiger partial charge is 0.490 e. The molecule has 0 saturated carbocycles. The van der Waals surface area contributed by atoms with Gasteiger partial charge < -0.3 is 25.2 Å². The highest BCUT2D eigenvalue weighted by atomic mass is 79.9. The minimum absolute atomic E-state index is 0.156. The molecule has 0 unspecified atom stereocenters. The van der Waals surface area contributed by atoms with Gasteiger partial charge in [0.15, 0.2) is 11.5 Å². The van der Waals surface area contributed by atoms with E-state index < -0.39 is 0 Å². The Morgan fingerprint density at radius 1 is 1.10 bits per heavy atom. The topological polar surface area (TPSA) is 62.8 Å². The summed E-state index contributed by atoms with van der Waals surface area (Å²) in [6.07, 6.45) is 0.971. The van der Waals surface area contributed by atoms with Gasteiger partial charge in [-0.15, -0.1) is 0 Å². The summed E-state index contributed by atoms with van der Waals surface area (Å²) >= 11 is 9.65. The third-order valence-corrected chi connectivity index (χ3v) is 5.02. The van der Waals surface area contributed by atoms with Crippen molar-refractivity contribution in [1.29, 1.82) is 0 Å². The molecule has 2 aromatic rings. The molecular formula is C21H27BrClFN2O3. The fourth-order valence-corrected chi connectivity index (χ4v) is 3.52. The van der Waals surface area contributed by atoms with Crippen molar-refractivity contribution in [3.05, 3.63) is 56.8 Å². The van der Waals surface area contributed by atoms with Crippen LogP contribution >= 0.6 is 27.5 Å². The zero-order valence-corrected chi connectivity index (χ0v) is 18.8. The second-order valence-corrected chi connectivity index (χ2v) is 7.63. The molecule has 0 heterocycles. The van der Waals surface area contributed by atoms with E-state index in [-0.39, 0.29) is 19.0 Å². The van der Waals surface area contributed by atoms with Gasteiger partial charge in [-0.2, -0.15) is 0 Å². The highest BCUT2D eigenvalue weighted by molar-refractivity contribution is 9.10. The molecule has 29 heavy (non-hydrogen) atoms. The molecule has 8 heteroatoms. The Balaban J connectivity index is 1.97. The molecule has 2 rings (SSSR count). The zero-order valence-electron chi connectivity index (χ0n) is 16.4. The number of aliphatic hydroxyl groups excluding tert-OH is 1. The molecule has 0 fully saturated rings. The number of nitrogens with one attached hydrogen (secondary N) is 2. The van der Waals surface area contributed by atoms with E-state index in [1.807, 2.05) is 19.1 Å². The Labute approximate surface area is 184 Å². The van der Waals surface area contributed by atoms with Gasteiger partial charge in [0.25, 0.3) is 0 Å². The molecule has 3 N–H and O–H groups in total. The van der Waals surface area contributed by atoms with Crippen LogP contribution in [0.25, 0.3) is 0 Å². The highest BCUT2D eigenvalue weighted by Crippen LogP contribution is 2.37. The maximum absolute atomic E-state index is 13.2. The lowest BCUT2D eigenvalue weighted by Crippen LogP contribution is -2.23. The van der Waals surface area contributed by atoms with Gasteiger partial charge in [0.2, 0.25) is 0 Å². The summed E-state index contributed by atoms with van der Waals surface area (Å²) in [5.74, 6) is 0.849. The summed E-state index contributed by atoms with van der Waals surface area (Å²) in [5.41, 5.74) is 1.76. The number of halogens is 3.